The second-order valence-corrected chi connectivity index (χ2v) is 5.90. The van der Waals surface area contributed by atoms with Crippen LogP contribution in [0.4, 0.5) is 5.69 Å². The fraction of sp³-hybridized carbons (Fsp3) is 0.308. The van der Waals surface area contributed by atoms with Crippen molar-refractivity contribution in [3.05, 3.63) is 36.2 Å². The largest absolute Gasteiger partial charge is 0.492 e. The predicted octanol–water partition coefficient (Wildman–Crippen LogP) is 1.93. The van der Waals surface area contributed by atoms with Gasteiger partial charge in [0.1, 0.15) is 10.6 Å². The fourth-order valence-electron chi connectivity index (χ4n) is 1.77. The number of hydrogen-bond acceptors (Lipinski definition) is 4. The van der Waals surface area contributed by atoms with Gasteiger partial charge in [-0.1, -0.05) is 12.1 Å². The maximum absolute atomic E-state index is 12.4. The number of ether oxygens (including phenoxy) is 1. The standard InChI is InChI=1S/C13H17N3O3S/c1-4-19-12-8-6-5-7-11(12)15-20(17,18)13-9-14-16(3)10(13)2/h5-9,15H,4H2,1-3H3. The van der Waals surface area contributed by atoms with E-state index < -0.39 is 10.0 Å². The van der Waals surface area contributed by atoms with Gasteiger partial charge in [-0.25, -0.2) is 8.42 Å². The zero-order valence-electron chi connectivity index (χ0n) is 11.6. The molecule has 0 atom stereocenters. The molecule has 0 bridgehead atoms. The van der Waals surface area contributed by atoms with Gasteiger partial charge in [0.2, 0.25) is 0 Å². The number of benzene rings is 1. The molecule has 0 aliphatic heterocycles. The predicted molar refractivity (Wildman–Crippen MR) is 76.4 cm³/mol. The van der Waals surface area contributed by atoms with Crippen molar-refractivity contribution in [1.82, 2.24) is 9.78 Å². The van der Waals surface area contributed by atoms with Crippen molar-refractivity contribution in [3.63, 3.8) is 0 Å². The number of nitrogens with zero attached hydrogens (tertiary/aromatic N) is 2. The Bertz CT molecular complexity index is 707. The second kappa shape index (κ2) is 5.54. The van der Waals surface area contributed by atoms with Crippen LogP contribution in [0.1, 0.15) is 12.6 Å². The Morgan fingerprint density at radius 2 is 2.05 bits per heavy atom. The molecule has 0 fully saturated rings. The van der Waals surface area contributed by atoms with E-state index in [9.17, 15) is 8.42 Å². The first kappa shape index (κ1) is 14.4. The zero-order chi connectivity index (χ0) is 14.8. The van der Waals surface area contributed by atoms with Crippen LogP contribution < -0.4 is 9.46 Å². The average molecular weight is 295 g/mol. The van der Waals surface area contributed by atoms with Crippen LogP contribution in [0.15, 0.2) is 35.4 Å². The number of rotatable bonds is 5. The Kier molecular flexibility index (Phi) is 3.99. The lowest BCUT2D eigenvalue weighted by molar-refractivity contribution is 0.342. The van der Waals surface area contributed by atoms with E-state index in [4.69, 9.17) is 4.74 Å². The first-order valence-electron chi connectivity index (χ1n) is 6.19. The van der Waals surface area contributed by atoms with Crippen LogP contribution in [-0.4, -0.2) is 24.8 Å². The fourth-order valence-corrected chi connectivity index (χ4v) is 3.05. The van der Waals surface area contributed by atoms with E-state index in [1.54, 1.807) is 38.2 Å². The quantitative estimate of drug-likeness (QED) is 0.914. The SMILES string of the molecule is CCOc1ccccc1NS(=O)(=O)c1cnn(C)c1C. The van der Waals surface area contributed by atoms with Gasteiger partial charge in [-0.15, -0.1) is 0 Å². The van der Waals surface area contributed by atoms with Crippen molar-refractivity contribution < 1.29 is 13.2 Å². The first-order chi connectivity index (χ1) is 9.45. The number of para-hydroxylation sites is 2. The summed E-state index contributed by atoms with van der Waals surface area (Å²) in [6.07, 6.45) is 1.33. The summed E-state index contributed by atoms with van der Waals surface area (Å²) in [6.45, 7) is 4.01. The van der Waals surface area contributed by atoms with Crippen LogP contribution >= 0.6 is 0 Å². The third-order valence-corrected chi connectivity index (χ3v) is 4.38. The molecule has 0 saturated carbocycles. The summed E-state index contributed by atoms with van der Waals surface area (Å²) >= 11 is 0. The monoisotopic (exact) mass is 295 g/mol. The summed E-state index contributed by atoms with van der Waals surface area (Å²) in [5, 5.41) is 3.95. The van der Waals surface area contributed by atoms with Gasteiger partial charge in [0.15, 0.2) is 0 Å². The summed E-state index contributed by atoms with van der Waals surface area (Å²) in [4.78, 5) is 0.159. The number of anilines is 1. The molecule has 0 radical (unpaired) electrons. The molecule has 20 heavy (non-hydrogen) atoms. The van der Waals surface area contributed by atoms with Crippen LogP contribution in [0.2, 0.25) is 0 Å². The average Bonchev–Trinajstić information content (AvgIpc) is 2.73. The van der Waals surface area contributed by atoms with Gasteiger partial charge in [0, 0.05) is 7.05 Å². The molecule has 1 heterocycles. The molecule has 6 nitrogen and oxygen atoms in total. The van der Waals surface area contributed by atoms with Gasteiger partial charge in [-0.05, 0) is 26.0 Å². The van der Waals surface area contributed by atoms with Gasteiger partial charge >= 0.3 is 0 Å². The van der Waals surface area contributed by atoms with Gasteiger partial charge in [-0.3, -0.25) is 9.40 Å². The van der Waals surface area contributed by atoms with E-state index in [1.807, 2.05) is 6.92 Å². The van der Waals surface area contributed by atoms with E-state index in [2.05, 4.69) is 9.82 Å². The summed E-state index contributed by atoms with van der Waals surface area (Å²) in [6, 6.07) is 6.92. The third-order valence-electron chi connectivity index (χ3n) is 2.91. The molecule has 1 aromatic heterocycles. The van der Waals surface area contributed by atoms with Crippen molar-refractivity contribution in [2.75, 3.05) is 11.3 Å². The normalized spacial score (nSPS) is 11.3. The molecule has 0 aliphatic carbocycles. The van der Waals surface area contributed by atoms with Gasteiger partial charge in [0.05, 0.1) is 24.2 Å². The molecule has 2 rings (SSSR count). The minimum Gasteiger partial charge on any atom is -0.492 e. The molecular formula is C13H17N3O3S. The molecule has 0 unspecified atom stereocenters. The second-order valence-electron chi connectivity index (χ2n) is 4.25. The van der Waals surface area contributed by atoms with Crippen LogP contribution in [-0.2, 0) is 17.1 Å². The zero-order valence-corrected chi connectivity index (χ0v) is 12.4. The van der Waals surface area contributed by atoms with E-state index in [0.29, 0.717) is 23.7 Å². The lowest BCUT2D eigenvalue weighted by Crippen LogP contribution is -2.14. The Hall–Kier alpha value is -2.02. The number of nitrogens with one attached hydrogen (secondary N) is 1. The third kappa shape index (κ3) is 2.77. The van der Waals surface area contributed by atoms with Crippen molar-refractivity contribution in [1.29, 1.82) is 0 Å². The molecule has 0 spiro atoms. The summed E-state index contributed by atoms with van der Waals surface area (Å²) in [7, 11) is -1.98. The molecule has 1 aromatic carbocycles. The highest BCUT2D eigenvalue weighted by Gasteiger charge is 2.21. The molecular weight excluding hydrogens is 278 g/mol. The molecule has 0 amide bonds. The topological polar surface area (TPSA) is 73.2 Å². The summed E-state index contributed by atoms with van der Waals surface area (Å²) < 4.78 is 34.2. The maximum atomic E-state index is 12.4. The maximum Gasteiger partial charge on any atom is 0.265 e. The highest BCUT2D eigenvalue weighted by atomic mass is 32.2. The molecule has 1 N–H and O–H groups in total. The minimum absolute atomic E-state index is 0.159. The van der Waals surface area contributed by atoms with Crippen LogP contribution in [0.5, 0.6) is 5.75 Å². The molecule has 2 aromatic rings. The van der Waals surface area contributed by atoms with Crippen LogP contribution in [0, 0.1) is 6.92 Å². The van der Waals surface area contributed by atoms with Gasteiger partial charge < -0.3 is 4.74 Å². The van der Waals surface area contributed by atoms with Crippen molar-refractivity contribution >= 4 is 15.7 Å². The van der Waals surface area contributed by atoms with Gasteiger partial charge in [-0.2, -0.15) is 5.10 Å². The van der Waals surface area contributed by atoms with E-state index in [1.165, 1.54) is 10.9 Å². The Morgan fingerprint density at radius 1 is 1.35 bits per heavy atom. The lowest BCUT2D eigenvalue weighted by atomic mass is 10.3. The number of aryl methyl sites for hydroxylation is 1. The van der Waals surface area contributed by atoms with Gasteiger partial charge in [0.25, 0.3) is 10.0 Å². The minimum atomic E-state index is -3.68. The number of hydrogen-bond donors (Lipinski definition) is 1. The molecule has 0 aliphatic rings. The molecule has 0 saturated heterocycles. The number of sulfonamides is 1. The molecule has 7 heteroatoms. The highest BCUT2D eigenvalue weighted by Crippen LogP contribution is 2.27. The Morgan fingerprint density at radius 3 is 2.65 bits per heavy atom. The van der Waals surface area contributed by atoms with Crippen molar-refractivity contribution in [3.8, 4) is 5.75 Å². The summed E-state index contributed by atoms with van der Waals surface area (Å²) in [5.41, 5.74) is 0.990. The van der Waals surface area contributed by atoms with E-state index in [0.717, 1.165) is 0 Å². The Labute approximate surface area is 118 Å². The lowest BCUT2D eigenvalue weighted by Gasteiger charge is -2.12. The van der Waals surface area contributed by atoms with Crippen LogP contribution in [0.3, 0.4) is 0 Å². The highest BCUT2D eigenvalue weighted by molar-refractivity contribution is 7.92. The van der Waals surface area contributed by atoms with E-state index in [-0.39, 0.29) is 4.90 Å². The number of aromatic nitrogens is 2. The van der Waals surface area contributed by atoms with Crippen molar-refractivity contribution in [2.24, 2.45) is 7.05 Å². The molecule has 108 valence electrons. The smallest absolute Gasteiger partial charge is 0.265 e. The summed E-state index contributed by atoms with van der Waals surface area (Å²) in [5.74, 6) is 0.500. The van der Waals surface area contributed by atoms with Crippen LogP contribution in [0.25, 0.3) is 0 Å². The van der Waals surface area contributed by atoms with E-state index >= 15 is 0 Å². The Balaban J connectivity index is 2.36. The van der Waals surface area contributed by atoms with Crippen molar-refractivity contribution in [2.45, 2.75) is 18.7 Å². The first-order valence-corrected chi connectivity index (χ1v) is 7.67.